The van der Waals surface area contributed by atoms with Gasteiger partial charge in [-0.25, -0.2) is 4.79 Å². The first-order valence-corrected chi connectivity index (χ1v) is 11.0. The number of unbranched alkanes of at least 4 members (excludes halogenated alkanes) is 2. The second-order valence-corrected chi connectivity index (χ2v) is 9.01. The van der Waals surface area contributed by atoms with E-state index in [1.165, 1.54) is 58.2 Å². The third-order valence-corrected chi connectivity index (χ3v) is 5.30. The molecule has 0 radical (unpaired) electrons. The molecule has 1 unspecified atom stereocenters. The third-order valence-electron chi connectivity index (χ3n) is 5.30. The predicted octanol–water partition coefficient (Wildman–Crippen LogP) is 3.44. The Morgan fingerprint density at radius 1 is 1.10 bits per heavy atom. The molecular weight excluding hydrogens is 481 g/mol. The van der Waals surface area contributed by atoms with Crippen LogP contribution in [0.1, 0.15) is 65.7 Å². The van der Waals surface area contributed by atoms with Gasteiger partial charge >= 0.3 is 6.09 Å². The summed E-state index contributed by atoms with van der Waals surface area (Å²) in [6, 6.07) is 0.109. The molecule has 2 aliphatic rings. The minimum absolute atomic E-state index is 0. The molecule has 8 heteroatoms. The number of guanidine groups is 1. The molecule has 0 aromatic rings. The zero-order valence-corrected chi connectivity index (χ0v) is 21.2. The van der Waals surface area contributed by atoms with E-state index in [-0.39, 0.29) is 36.1 Å². The number of piperidine rings is 1. The van der Waals surface area contributed by atoms with Crippen molar-refractivity contribution < 1.29 is 9.53 Å². The molecule has 0 aliphatic carbocycles. The van der Waals surface area contributed by atoms with Crippen molar-refractivity contribution in [1.29, 1.82) is 0 Å². The van der Waals surface area contributed by atoms with Gasteiger partial charge in [-0.3, -0.25) is 4.99 Å². The Morgan fingerprint density at radius 3 is 2.48 bits per heavy atom. The Morgan fingerprint density at radius 2 is 1.83 bits per heavy atom. The highest BCUT2D eigenvalue weighted by Gasteiger charge is 2.27. The van der Waals surface area contributed by atoms with E-state index in [1.807, 2.05) is 27.8 Å². The van der Waals surface area contributed by atoms with Gasteiger partial charge < -0.3 is 25.2 Å². The fraction of sp³-hybridized carbons (Fsp3) is 0.905. The van der Waals surface area contributed by atoms with Crippen molar-refractivity contribution >= 4 is 36.0 Å². The van der Waals surface area contributed by atoms with E-state index >= 15 is 0 Å². The van der Waals surface area contributed by atoms with Gasteiger partial charge in [0.25, 0.3) is 0 Å². The Bertz CT molecular complexity index is 504. The zero-order valence-electron chi connectivity index (χ0n) is 18.8. The molecule has 2 N–H and O–H groups in total. The number of hydrogen-bond donors (Lipinski definition) is 2. The molecule has 0 saturated carbocycles. The minimum atomic E-state index is -0.464. The molecule has 2 saturated heterocycles. The standard InChI is InChI=1S/C21H41N5O2.HI/c1-21(2,3)28-20(27)24-18-11-16-26(17-18)19(22-4)23-12-7-5-8-13-25-14-9-6-10-15-25;/h18H,5-17H2,1-4H3,(H,22,23)(H,24,27);1H. The molecular formula is C21H42IN5O2. The number of halogens is 1. The number of rotatable bonds is 7. The Labute approximate surface area is 194 Å². The van der Waals surface area contributed by atoms with Gasteiger partial charge in [0.15, 0.2) is 5.96 Å². The Kier molecular flexibility index (Phi) is 12.2. The van der Waals surface area contributed by atoms with Crippen LogP contribution in [0.4, 0.5) is 4.79 Å². The summed E-state index contributed by atoms with van der Waals surface area (Å²) in [7, 11) is 1.83. The van der Waals surface area contributed by atoms with Crippen LogP contribution in [-0.4, -0.2) is 79.8 Å². The van der Waals surface area contributed by atoms with Crippen molar-refractivity contribution in [2.24, 2.45) is 4.99 Å². The summed E-state index contributed by atoms with van der Waals surface area (Å²) in [5.74, 6) is 0.935. The lowest BCUT2D eigenvalue weighted by Crippen LogP contribution is -2.44. The van der Waals surface area contributed by atoms with Gasteiger partial charge in [0.2, 0.25) is 0 Å². The van der Waals surface area contributed by atoms with Crippen LogP contribution in [0.5, 0.6) is 0 Å². The van der Waals surface area contributed by atoms with E-state index in [9.17, 15) is 4.79 Å². The van der Waals surface area contributed by atoms with Crippen LogP contribution < -0.4 is 10.6 Å². The second-order valence-electron chi connectivity index (χ2n) is 9.01. The van der Waals surface area contributed by atoms with Crippen LogP contribution in [0.2, 0.25) is 0 Å². The summed E-state index contributed by atoms with van der Waals surface area (Å²) in [6.45, 7) is 12.1. The van der Waals surface area contributed by atoms with Gasteiger partial charge in [0.1, 0.15) is 5.60 Å². The molecule has 0 spiro atoms. The van der Waals surface area contributed by atoms with E-state index in [1.54, 1.807) is 0 Å². The summed E-state index contributed by atoms with van der Waals surface area (Å²) in [5, 5.41) is 6.45. The highest BCUT2D eigenvalue weighted by Crippen LogP contribution is 2.12. The van der Waals surface area contributed by atoms with E-state index in [4.69, 9.17) is 4.74 Å². The lowest BCUT2D eigenvalue weighted by molar-refractivity contribution is 0.0507. The molecule has 170 valence electrons. The minimum Gasteiger partial charge on any atom is -0.444 e. The number of likely N-dealkylation sites (tertiary alicyclic amines) is 2. The van der Waals surface area contributed by atoms with Gasteiger partial charge in [-0.1, -0.05) is 12.8 Å². The largest absolute Gasteiger partial charge is 0.444 e. The van der Waals surface area contributed by atoms with Crippen molar-refractivity contribution in [2.45, 2.75) is 77.4 Å². The average molecular weight is 524 g/mol. The van der Waals surface area contributed by atoms with Gasteiger partial charge in [-0.2, -0.15) is 0 Å². The lowest BCUT2D eigenvalue weighted by atomic mass is 10.1. The SMILES string of the molecule is CN=C(NCCCCCN1CCCCC1)N1CCC(NC(=O)OC(C)(C)C)C1.I. The Balaban J connectivity index is 0.00000420. The van der Waals surface area contributed by atoms with Crippen LogP contribution >= 0.6 is 24.0 Å². The normalized spacial score (nSPS) is 20.9. The third kappa shape index (κ3) is 10.7. The summed E-state index contributed by atoms with van der Waals surface area (Å²) < 4.78 is 5.35. The fourth-order valence-corrected chi connectivity index (χ4v) is 3.90. The summed E-state index contributed by atoms with van der Waals surface area (Å²) in [5.41, 5.74) is -0.464. The smallest absolute Gasteiger partial charge is 0.407 e. The van der Waals surface area contributed by atoms with E-state index < -0.39 is 5.60 Å². The van der Waals surface area contributed by atoms with Crippen LogP contribution in [0.15, 0.2) is 4.99 Å². The molecule has 0 bridgehead atoms. The van der Waals surface area contributed by atoms with Crippen molar-refractivity contribution in [3.63, 3.8) is 0 Å². The van der Waals surface area contributed by atoms with Crippen LogP contribution in [0.25, 0.3) is 0 Å². The summed E-state index contributed by atoms with van der Waals surface area (Å²) >= 11 is 0. The number of carbonyl (C=O) groups is 1. The van der Waals surface area contributed by atoms with E-state index in [0.717, 1.165) is 32.0 Å². The number of ether oxygens (including phenoxy) is 1. The van der Waals surface area contributed by atoms with Gasteiger partial charge in [-0.05, 0) is 72.5 Å². The van der Waals surface area contributed by atoms with Crippen molar-refractivity contribution in [3.8, 4) is 0 Å². The van der Waals surface area contributed by atoms with Crippen LogP contribution in [-0.2, 0) is 4.74 Å². The van der Waals surface area contributed by atoms with Crippen molar-refractivity contribution in [3.05, 3.63) is 0 Å². The van der Waals surface area contributed by atoms with Crippen LogP contribution in [0.3, 0.4) is 0 Å². The van der Waals surface area contributed by atoms with Crippen molar-refractivity contribution in [2.75, 3.05) is 46.3 Å². The highest BCUT2D eigenvalue weighted by atomic mass is 127. The maximum atomic E-state index is 11.9. The zero-order chi connectivity index (χ0) is 20.4. The molecule has 7 nitrogen and oxygen atoms in total. The predicted molar refractivity (Wildman–Crippen MR) is 130 cm³/mol. The van der Waals surface area contributed by atoms with E-state index in [0.29, 0.717) is 0 Å². The van der Waals surface area contributed by atoms with Gasteiger partial charge in [0, 0.05) is 26.7 Å². The average Bonchev–Trinajstić information content (AvgIpc) is 3.08. The Hall–Kier alpha value is -0.770. The fourth-order valence-electron chi connectivity index (χ4n) is 3.90. The molecule has 2 rings (SSSR count). The monoisotopic (exact) mass is 523 g/mol. The number of aliphatic imine (C=N–C) groups is 1. The maximum Gasteiger partial charge on any atom is 0.407 e. The molecule has 0 aromatic carbocycles. The molecule has 2 heterocycles. The van der Waals surface area contributed by atoms with Gasteiger partial charge in [-0.15, -0.1) is 24.0 Å². The molecule has 2 aliphatic heterocycles. The van der Waals surface area contributed by atoms with Crippen molar-refractivity contribution in [1.82, 2.24) is 20.4 Å². The number of nitrogens with zero attached hydrogens (tertiary/aromatic N) is 3. The first-order valence-electron chi connectivity index (χ1n) is 11.0. The summed E-state index contributed by atoms with van der Waals surface area (Å²) in [4.78, 5) is 21.2. The van der Waals surface area contributed by atoms with Gasteiger partial charge in [0.05, 0.1) is 6.04 Å². The number of carbonyl (C=O) groups excluding carboxylic acids is 1. The summed E-state index contributed by atoms with van der Waals surface area (Å²) in [6.07, 6.45) is 8.43. The molecule has 1 atom stereocenters. The molecule has 0 aromatic heterocycles. The molecule has 2 fully saturated rings. The topological polar surface area (TPSA) is 69.2 Å². The number of alkyl carbamates (subject to hydrolysis) is 1. The lowest BCUT2D eigenvalue weighted by Gasteiger charge is -2.26. The molecule has 29 heavy (non-hydrogen) atoms. The van der Waals surface area contributed by atoms with E-state index in [2.05, 4.69) is 25.4 Å². The highest BCUT2D eigenvalue weighted by molar-refractivity contribution is 14.0. The maximum absolute atomic E-state index is 11.9. The second kappa shape index (κ2) is 13.5. The molecule has 1 amide bonds. The first-order chi connectivity index (χ1) is 13.4. The first kappa shape index (κ1) is 26.3. The number of nitrogens with one attached hydrogen (secondary N) is 2. The number of amides is 1. The number of hydrogen-bond acceptors (Lipinski definition) is 4. The van der Waals surface area contributed by atoms with Crippen LogP contribution in [0, 0.1) is 0 Å². The quantitative estimate of drug-likeness (QED) is 0.232.